The van der Waals surface area contributed by atoms with Gasteiger partial charge in [-0.3, -0.25) is 4.79 Å². The van der Waals surface area contributed by atoms with Gasteiger partial charge < -0.3 is 5.32 Å². The van der Waals surface area contributed by atoms with Crippen LogP contribution in [0.25, 0.3) is 0 Å². The van der Waals surface area contributed by atoms with E-state index in [9.17, 15) is 4.79 Å². The Kier molecular flexibility index (Phi) is 23.1. The summed E-state index contributed by atoms with van der Waals surface area (Å²) in [5.41, 5.74) is 1.45. The number of hydrogen-bond donors (Lipinski definition) is 1. The van der Waals surface area contributed by atoms with Crippen LogP contribution < -0.4 is 5.32 Å². The third kappa shape index (κ3) is 17.6. The van der Waals surface area contributed by atoms with Gasteiger partial charge in [0.05, 0.1) is 0 Å². The molecule has 0 spiro atoms. The number of carbonyl (C=O) groups is 1. The lowest BCUT2D eigenvalue weighted by Gasteiger charge is -2.15. The second-order valence-corrected chi connectivity index (χ2v) is 4.07. The molecule has 1 amide bonds. The average Bonchev–Trinajstić information content (AvgIpc) is 2.42. The maximum Gasteiger partial charge on any atom is 0.216 e. The number of nitrogens with one attached hydrogen (secondary N) is 1. The van der Waals surface area contributed by atoms with E-state index < -0.39 is 0 Å². The van der Waals surface area contributed by atoms with Gasteiger partial charge in [0.25, 0.3) is 0 Å². The predicted molar refractivity (Wildman–Crippen MR) is 83.8 cm³/mol. The minimum Gasteiger partial charge on any atom is -0.359 e. The fourth-order valence-electron chi connectivity index (χ4n) is 1.44. The summed E-state index contributed by atoms with van der Waals surface area (Å²) < 4.78 is 0. The molecule has 1 N–H and O–H groups in total. The Balaban J connectivity index is -0.000000270. The number of carbonyl (C=O) groups excluding carboxylic acids is 1. The van der Waals surface area contributed by atoms with Crippen molar-refractivity contribution in [3.05, 3.63) is 12.2 Å². The first kappa shape index (κ1) is 22.4. The summed E-state index contributed by atoms with van der Waals surface area (Å²) in [5, 5.41) is 2.39. The maximum atomic E-state index is 9.70. The molecule has 0 aliphatic heterocycles. The SMILES string of the molecule is C=C(CC)C(CC)CCCC.CC.CNC(C)=O. The number of rotatable bonds is 6. The molecular formula is C16H35NO. The molecule has 1 unspecified atom stereocenters. The average molecular weight is 257 g/mol. The molecule has 0 aromatic rings. The van der Waals surface area contributed by atoms with Gasteiger partial charge in [0.2, 0.25) is 5.91 Å². The van der Waals surface area contributed by atoms with E-state index in [-0.39, 0.29) is 5.91 Å². The van der Waals surface area contributed by atoms with E-state index in [1.165, 1.54) is 38.2 Å². The number of amides is 1. The van der Waals surface area contributed by atoms with Crippen LogP contribution in [0.4, 0.5) is 0 Å². The van der Waals surface area contributed by atoms with Gasteiger partial charge in [-0.15, -0.1) is 0 Å². The summed E-state index contributed by atoms with van der Waals surface area (Å²) in [6.07, 6.45) is 6.44. The summed E-state index contributed by atoms with van der Waals surface area (Å²) in [4.78, 5) is 9.70. The van der Waals surface area contributed by atoms with Crippen LogP contribution in [0.15, 0.2) is 12.2 Å². The van der Waals surface area contributed by atoms with Crippen molar-refractivity contribution in [2.45, 2.75) is 73.6 Å². The lowest BCUT2D eigenvalue weighted by Crippen LogP contribution is -2.11. The van der Waals surface area contributed by atoms with Crippen LogP contribution in [0, 0.1) is 5.92 Å². The molecule has 0 bridgehead atoms. The van der Waals surface area contributed by atoms with E-state index >= 15 is 0 Å². The van der Waals surface area contributed by atoms with E-state index in [0.717, 1.165) is 12.3 Å². The molecule has 2 nitrogen and oxygen atoms in total. The van der Waals surface area contributed by atoms with E-state index in [0.29, 0.717) is 0 Å². The van der Waals surface area contributed by atoms with Crippen LogP contribution in [0.5, 0.6) is 0 Å². The first-order valence-electron chi connectivity index (χ1n) is 7.39. The normalized spacial score (nSPS) is 10.2. The molecule has 0 aromatic heterocycles. The van der Waals surface area contributed by atoms with Gasteiger partial charge in [-0.05, 0) is 25.2 Å². The zero-order valence-corrected chi connectivity index (χ0v) is 13.7. The smallest absolute Gasteiger partial charge is 0.216 e. The monoisotopic (exact) mass is 257 g/mol. The van der Waals surface area contributed by atoms with E-state index in [1.54, 1.807) is 7.05 Å². The third-order valence-electron chi connectivity index (χ3n) is 2.78. The summed E-state index contributed by atoms with van der Waals surface area (Å²) in [7, 11) is 1.60. The molecule has 18 heavy (non-hydrogen) atoms. The van der Waals surface area contributed by atoms with Gasteiger partial charge in [0, 0.05) is 14.0 Å². The summed E-state index contributed by atoms with van der Waals surface area (Å²) in [6.45, 7) is 16.3. The Hall–Kier alpha value is -0.790. The highest BCUT2D eigenvalue weighted by molar-refractivity contribution is 5.72. The Morgan fingerprint density at radius 1 is 1.22 bits per heavy atom. The zero-order chi connectivity index (χ0) is 15.0. The minimum atomic E-state index is 0.00463. The second-order valence-electron chi connectivity index (χ2n) is 4.07. The fraction of sp³-hybridized carbons (Fsp3) is 0.812. The van der Waals surface area contributed by atoms with Gasteiger partial charge in [-0.1, -0.05) is 59.6 Å². The predicted octanol–water partition coefficient (Wildman–Crippen LogP) is 4.95. The quantitative estimate of drug-likeness (QED) is 0.670. The Morgan fingerprint density at radius 3 is 1.89 bits per heavy atom. The summed E-state index contributed by atoms with van der Waals surface area (Å²) >= 11 is 0. The lowest BCUT2D eigenvalue weighted by molar-refractivity contribution is -0.118. The van der Waals surface area contributed by atoms with Crippen molar-refractivity contribution in [1.29, 1.82) is 0 Å². The zero-order valence-electron chi connectivity index (χ0n) is 13.7. The van der Waals surface area contributed by atoms with Crippen molar-refractivity contribution < 1.29 is 4.79 Å². The van der Waals surface area contributed by atoms with Crippen molar-refractivity contribution in [2.75, 3.05) is 7.05 Å². The number of unbranched alkanes of at least 4 members (excludes halogenated alkanes) is 1. The van der Waals surface area contributed by atoms with Crippen LogP contribution in [0.2, 0.25) is 0 Å². The first-order valence-corrected chi connectivity index (χ1v) is 7.39. The van der Waals surface area contributed by atoms with Gasteiger partial charge in [0.15, 0.2) is 0 Å². The second kappa shape index (κ2) is 18.6. The first-order chi connectivity index (χ1) is 8.53. The number of allylic oxidation sites excluding steroid dienone is 1. The van der Waals surface area contributed by atoms with Crippen LogP contribution in [0.1, 0.15) is 73.6 Å². The highest BCUT2D eigenvalue weighted by Crippen LogP contribution is 2.22. The molecule has 0 rings (SSSR count). The molecule has 0 aliphatic rings. The van der Waals surface area contributed by atoms with Gasteiger partial charge in [-0.25, -0.2) is 0 Å². The minimum absolute atomic E-state index is 0.00463. The van der Waals surface area contributed by atoms with Crippen molar-refractivity contribution in [1.82, 2.24) is 5.32 Å². The topological polar surface area (TPSA) is 29.1 Å². The molecule has 0 saturated heterocycles. The third-order valence-corrected chi connectivity index (χ3v) is 2.78. The Labute approximate surface area is 115 Å². The number of hydrogen-bond acceptors (Lipinski definition) is 1. The van der Waals surface area contributed by atoms with Crippen molar-refractivity contribution in [2.24, 2.45) is 5.92 Å². The highest BCUT2D eigenvalue weighted by Gasteiger charge is 2.07. The fourth-order valence-corrected chi connectivity index (χ4v) is 1.44. The van der Waals surface area contributed by atoms with Crippen LogP contribution in [-0.2, 0) is 4.79 Å². The van der Waals surface area contributed by atoms with Crippen molar-refractivity contribution >= 4 is 5.91 Å². The van der Waals surface area contributed by atoms with Crippen molar-refractivity contribution in [3.8, 4) is 0 Å². The molecule has 1 atom stereocenters. The van der Waals surface area contributed by atoms with E-state index in [4.69, 9.17) is 0 Å². The summed E-state index contributed by atoms with van der Waals surface area (Å²) in [5.74, 6) is 0.796. The molecule has 2 heteroatoms. The molecule has 0 aliphatic carbocycles. The molecule has 0 saturated carbocycles. The summed E-state index contributed by atoms with van der Waals surface area (Å²) in [6, 6.07) is 0. The van der Waals surface area contributed by atoms with Crippen LogP contribution >= 0.6 is 0 Å². The lowest BCUT2D eigenvalue weighted by atomic mass is 9.91. The van der Waals surface area contributed by atoms with Gasteiger partial charge >= 0.3 is 0 Å². The standard InChI is InChI=1S/C11H22.C3H7NO.C2H6/c1-5-8-9-11(7-3)10(4)6-2;1-3(5)4-2;1-2/h11H,4-9H2,1-3H3;1-2H3,(H,4,5);1-2H3. The maximum absolute atomic E-state index is 9.70. The Bertz CT molecular complexity index is 188. The highest BCUT2D eigenvalue weighted by atomic mass is 16.1. The molecule has 0 aromatic carbocycles. The van der Waals surface area contributed by atoms with Gasteiger partial charge in [-0.2, -0.15) is 0 Å². The van der Waals surface area contributed by atoms with Crippen molar-refractivity contribution in [3.63, 3.8) is 0 Å². The Morgan fingerprint density at radius 2 is 1.67 bits per heavy atom. The molecule has 0 radical (unpaired) electrons. The molecule has 110 valence electrons. The van der Waals surface area contributed by atoms with E-state index in [2.05, 4.69) is 32.7 Å². The molecular weight excluding hydrogens is 222 g/mol. The van der Waals surface area contributed by atoms with Gasteiger partial charge in [0.1, 0.15) is 0 Å². The van der Waals surface area contributed by atoms with Crippen LogP contribution in [0.3, 0.4) is 0 Å². The molecule has 0 fully saturated rings. The largest absolute Gasteiger partial charge is 0.359 e. The van der Waals surface area contributed by atoms with Crippen LogP contribution in [-0.4, -0.2) is 13.0 Å². The van der Waals surface area contributed by atoms with E-state index in [1.807, 2.05) is 13.8 Å². The molecule has 0 heterocycles.